The summed E-state index contributed by atoms with van der Waals surface area (Å²) in [7, 11) is 4.35. The van der Waals surface area contributed by atoms with Gasteiger partial charge in [0.15, 0.2) is 11.5 Å². The van der Waals surface area contributed by atoms with Crippen molar-refractivity contribution < 1.29 is 19.0 Å². The highest BCUT2D eigenvalue weighted by Crippen LogP contribution is 2.31. The molecule has 5 heteroatoms. The van der Waals surface area contributed by atoms with Crippen LogP contribution >= 0.6 is 0 Å². The van der Waals surface area contributed by atoms with E-state index in [0.29, 0.717) is 17.1 Å². The number of rotatable bonds is 5. The molecule has 1 atom stereocenters. The first-order valence-corrected chi connectivity index (χ1v) is 5.34. The summed E-state index contributed by atoms with van der Waals surface area (Å²) in [6, 6.07) is 7.20. The van der Waals surface area contributed by atoms with Crippen LogP contribution in [-0.4, -0.2) is 27.3 Å². The molecule has 0 aliphatic rings. The number of benzene rings is 1. The fraction of sp³-hybridized carbons (Fsp3) is 0.385. The molecule has 1 aromatic carbocycles. The van der Waals surface area contributed by atoms with Crippen molar-refractivity contribution in [3.8, 4) is 17.6 Å². The zero-order chi connectivity index (χ0) is 13.5. The fourth-order valence-electron chi connectivity index (χ4n) is 1.56. The molecule has 0 heterocycles. The molecule has 1 rings (SSSR count). The van der Waals surface area contributed by atoms with E-state index in [-0.39, 0.29) is 6.42 Å². The maximum Gasteiger partial charge on any atom is 0.307 e. The van der Waals surface area contributed by atoms with Gasteiger partial charge < -0.3 is 14.2 Å². The van der Waals surface area contributed by atoms with Gasteiger partial charge in [0.05, 0.1) is 39.7 Å². The van der Waals surface area contributed by atoms with E-state index in [1.54, 1.807) is 18.2 Å². The molecule has 0 amide bonds. The maximum absolute atomic E-state index is 11.2. The molecule has 0 saturated heterocycles. The van der Waals surface area contributed by atoms with Gasteiger partial charge in [-0.3, -0.25) is 4.79 Å². The summed E-state index contributed by atoms with van der Waals surface area (Å²) in [4.78, 5) is 11.2. The van der Waals surface area contributed by atoms with Crippen LogP contribution in [0.15, 0.2) is 18.2 Å². The SMILES string of the molecule is COC(=O)CC(C#N)c1ccc(OC)c(OC)c1. The highest BCUT2D eigenvalue weighted by atomic mass is 16.5. The highest BCUT2D eigenvalue weighted by molar-refractivity contribution is 5.71. The second-order valence-electron chi connectivity index (χ2n) is 3.58. The predicted octanol–water partition coefficient (Wildman–Crippen LogP) is 1.87. The first-order valence-electron chi connectivity index (χ1n) is 5.34. The third kappa shape index (κ3) is 3.14. The van der Waals surface area contributed by atoms with Gasteiger partial charge >= 0.3 is 5.97 Å². The molecule has 1 aromatic rings. The van der Waals surface area contributed by atoms with Crippen molar-refractivity contribution in [1.82, 2.24) is 0 Å². The number of methoxy groups -OCH3 is 3. The van der Waals surface area contributed by atoms with Crippen molar-refractivity contribution in [2.75, 3.05) is 21.3 Å². The highest BCUT2D eigenvalue weighted by Gasteiger charge is 2.17. The van der Waals surface area contributed by atoms with Gasteiger partial charge in [0, 0.05) is 0 Å². The van der Waals surface area contributed by atoms with Gasteiger partial charge in [0.1, 0.15) is 0 Å². The van der Waals surface area contributed by atoms with Crippen LogP contribution in [0.25, 0.3) is 0 Å². The largest absolute Gasteiger partial charge is 0.493 e. The lowest BCUT2D eigenvalue weighted by Gasteiger charge is -2.12. The Morgan fingerprint density at radius 1 is 1.28 bits per heavy atom. The molecule has 0 aliphatic carbocycles. The second-order valence-corrected chi connectivity index (χ2v) is 3.58. The number of hydrogen-bond acceptors (Lipinski definition) is 5. The molecular formula is C13H15NO4. The number of carbonyl (C=O) groups is 1. The smallest absolute Gasteiger partial charge is 0.307 e. The summed E-state index contributed by atoms with van der Waals surface area (Å²) in [5, 5.41) is 9.08. The third-order valence-electron chi connectivity index (χ3n) is 2.56. The molecule has 0 aliphatic heterocycles. The molecular weight excluding hydrogens is 234 g/mol. The second kappa shape index (κ2) is 6.50. The molecule has 0 fully saturated rings. The van der Waals surface area contributed by atoms with Crippen molar-refractivity contribution >= 4 is 5.97 Å². The van der Waals surface area contributed by atoms with Crippen LogP contribution in [0.5, 0.6) is 11.5 Å². The molecule has 0 saturated carbocycles. The van der Waals surface area contributed by atoms with Gasteiger partial charge in [0.25, 0.3) is 0 Å². The van der Waals surface area contributed by atoms with E-state index in [0.717, 1.165) is 0 Å². The van der Waals surface area contributed by atoms with Gasteiger partial charge in [-0.2, -0.15) is 5.26 Å². The Kier molecular flexibility index (Phi) is 5.00. The molecule has 0 aromatic heterocycles. The van der Waals surface area contributed by atoms with E-state index in [2.05, 4.69) is 10.8 Å². The van der Waals surface area contributed by atoms with E-state index < -0.39 is 11.9 Å². The Hall–Kier alpha value is -2.22. The fourth-order valence-corrected chi connectivity index (χ4v) is 1.56. The molecule has 18 heavy (non-hydrogen) atoms. The lowest BCUT2D eigenvalue weighted by molar-refractivity contribution is -0.140. The van der Waals surface area contributed by atoms with E-state index in [1.807, 2.05) is 0 Å². The molecule has 96 valence electrons. The van der Waals surface area contributed by atoms with Crippen molar-refractivity contribution in [2.24, 2.45) is 0 Å². The minimum absolute atomic E-state index is 0.0164. The average molecular weight is 249 g/mol. The van der Waals surface area contributed by atoms with Gasteiger partial charge in [-0.05, 0) is 17.7 Å². The average Bonchev–Trinajstić information content (AvgIpc) is 2.43. The molecule has 0 spiro atoms. The van der Waals surface area contributed by atoms with Crippen LogP contribution in [0.2, 0.25) is 0 Å². The minimum atomic E-state index is -0.558. The molecule has 0 bridgehead atoms. The van der Waals surface area contributed by atoms with E-state index in [4.69, 9.17) is 14.7 Å². The Bertz CT molecular complexity index is 465. The minimum Gasteiger partial charge on any atom is -0.493 e. The number of carbonyl (C=O) groups excluding carboxylic acids is 1. The van der Waals surface area contributed by atoms with Crippen LogP contribution in [0.3, 0.4) is 0 Å². The van der Waals surface area contributed by atoms with Gasteiger partial charge in [-0.25, -0.2) is 0 Å². The Balaban J connectivity index is 3.00. The van der Waals surface area contributed by atoms with Gasteiger partial charge in [-0.1, -0.05) is 6.07 Å². The summed E-state index contributed by atoms with van der Waals surface area (Å²) in [5.41, 5.74) is 0.695. The molecule has 1 unspecified atom stereocenters. The quantitative estimate of drug-likeness (QED) is 0.745. The molecule has 0 N–H and O–H groups in total. The summed E-state index contributed by atoms with van der Waals surface area (Å²) in [6.45, 7) is 0. The lowest BCUT2D eigenvalue weighted by Crippen LogP contribution is -2.07. The topological polar surface area (TPSA) is 68.6 Å². The number of nitrogens with zero attached hydrogens (tertiary/aromatic N) is 1. The number of ether oxygens (including phenoxy) is 3. The third-order valence-corrected chi connectivity index (χ3v) is 2.56. The van der Waals surface area contributed by atoms with Crippen LogP contribution < -0.4 is 9.47 Å². The monoisotopic (exact) mass is 249 g/mol. The first kappa shape index (κ1) is 13.8. The van der Waals surface area contributed by atoms with E-state index in [1.165, 1.54) is 21.3 Å². The predicted molar refractivity (Wildman–Crippen MR) is 64.5 cm³/mol. The normalized spacial score (nSPS) is 11.2. The van der Waals surface area contributed by atoms with Crippen LogP contribution in [0.4, 0.5) is 0 Å². The maximum atomic E-state index is 11.2. The first-order chi connectivity index (χ1) is 8.65. The van der Waals surface area contributed by atoms with Gasteiger partial charge in [0.2, 0.25) is 0 Å². The van der Waals surface area contributed by atoms with E-state index >= 15 is 0 Å². The number of hydrogen-bond donors (Lipinski definition) is 0. The van der Waals surface area contributed by atoms with Crippen LogP contribution in [0, 0.1) is 11.3 Å². The van der Waals surface area contributed by atoms with Crippen LogP contribution in [-0.2, 0) is 9.53 Å². The Labute approximate surface area is 106 Å². The summed E-state index contributed by atoms with van der Waals surface area (Å²) >= 11 is 0. The lowest BCUT2D eigenvalue weighted by atomic mass is 9.97. The van der Waals surface area contributed by atoms with Crippen molar-refractivity contribution in [3.63, 3.8) is 0 Å². The summed E-state index contributed by atoms with van der Waals surface area (Å²) in [5.74, 6) is 0.129. The molecule has 5 nitrogen and oxygen atoms in total. The van der Waals surface area contributed by atoms with Crippen molar-refractivity contribution in [2.45, 2.75) is 12.3 Å². The summed E-state index contributed by atoms with van der Waals surface area (Å²) < 4.78 is 14.8. The zero-order valence-corrected chi connectivity index (χ0v) is 10.6. The van der Waals surface area contributed by atoms with Crippen LogP contribution in [0.1, 0.15) is 17.9 Å². The number of nitriles is 1. The van der Waals surface area contributed by atoms with E-state index in [9.17, 15) is 4.79 Å². The van der Waals surface area contributed by atoms with Gasteiger partial charge in [-0.15, -0.1) is 0 Å². The summed E-state index contributed by atoms with van der Waals surface area (Å²) in [6.07, 6.45) is 0.0164. The standard InChI is InChI=1S/C13H15NO4/c1-16-11-5-4-9(6-12(11)17-2)10(8-14)7-13(15)18-3/h4-6,10H,7H2,1-3H3. The van der Waals surface area contributed by atoms with Crippen molar-refractivity contribution in [1.29, 1.82) is 5.26 Å². The Morgan fingerprint density at radius 3 is 2.44 bits per heavy atom. The zero-order valence-electron chi connectivity index (χ0n) is 10.6. The Morgan fingerprint density at radius 2 is 1.94 bits per heavy atom. The van der Waals surface area contributed by atoms with Crippen molar-refractivity contribution in [3.05, 3.63) is 23.8 Å². The number of esters is 1. The molecule has 0 radical (unpaired) electrons.